The summed E-state index contributed by atoms with van der Waals surface area (Å²) in [6.07, 6.45) is 4.98. The van der Waals surface area contributed by atoms with Crippen molar-refractivity contribution in [2.75, 3.05) is 19.0 Å². The monoisotopic (exact) mass is 265 g/mol. The zero-order chi connectivity index (χ0) is 14.1. The van der Waals surface area contributed by atoms with E-state index in [1.807, 2.05) is 13.0 Å². The van der Waals surface area contributed by atoms with E-state index in [0.29, 0.717) is 5.88 Å². The van der Waals surface area contributed by atoms with Gasteiger partial charge in [-0.3, -0.25) is 4.79 Å². The molecule has 1 aromatic heterocycles. The van der Waals surface area contributed by atoms with Crippen molar-refractivity contribution in [2.24, 2.45) is 0 Å². The lowest BCUT2D eigenvalue weighted by molar-refractivity contribution is -0.121. The van der Waals surface area contributed by atoms with Gasteiger partial charge < -0.3 is 15.4 Å². The van der Waals surface area contributed by atoms with Crippen molar-refractivity contribution in [1.82, 2.24) is 10.3 Å². The van der Waals surface area contributed by atoms with Crippen LogP contribution < -0.4 is 15.4 Å². The third-order valence-electron chi connectivity index (χ3n) is 2.80. The number of carbonyl (C=O) groups is 1. The second-order valence-corrected chi connectivity index (χ2v) is 4.45. The molecule has 1 rings (SSSR count). The van der Waals surface area contributed by atoms with E-state index < -0.39 is 0 Å². The number of ether oxygens (including phenoxy) is 1. The Morgan fingerprint density at radius 2 is 2.21 bits per heavy atom. The van der Waals surface area contributed by atoms with Gasteiger partial charge in [-0.1, -0.05) is 19.8 Å². The van der Waals surface area contributed by atoms with E-state index in [1.165, 1.54) is 0 Å². The number of amides is 1. The van der Waals surface area contributed by atoms with Crippen LogP contribution in [0.2, 0.25) is 0 Å². The molecular weight excluding hydrogens is 242 g/mol. The van der Waals surface area contributed by atoms with Gasteiger partial charge in [0.15, 0.2) is 0 Å². The van der Waals surface area contributed by atoms with E-state index in [-0.39, 0.29) is 11.9 Å². The predicted molar refractivity (Wildman–Crippen MR) is 76.4 cm³/mol. The van der Waals surface area contributed by atoms with Gasteiger partial charge in [0, 0.05) is 12.6 Å². The van der Waals surface area contributed by atoms with Gasteiger partial charge in [-0.2, -0.15) is 0 Å². The van der Waals surface area contributed by atoms with E-state index in [4.69, 9.17) is 4.74 Å². The zero-order valence-corrected chi connectivity index (χ0v) is 11.9. The Hall–Kier alpha value is -1.78. The lowest BCUT2D eigenvalue weighted by Gasteiger charge is -2.15. The number of aromatic nitrogens is 1. The summed E-state index contributed by atoms with van der Waals surface area (Å²) in [5.41, 5.74) is 0.803. The molecule has 0 aliphatic heterocycles. The van der Waals surface area contributed by atoms with Crippen LogP contribution in [0.5, 0.6) is 5.88 Å². The second kappa shape index (κ2) is 8.34. The molecule has 0 saturated heterocycles. The molecule has 106 valence electrons. The average Bonchev–Trinajstić information content (AvgIpc) is 2.44. The van der Waals surface area contributed by atoms with Crippen molar-refractivity contribution < 1.29 is 9.53 Å². The maximum absolute atomic E-state index is 11.8. The summed E-state index contributed by atoms with van der Waals surface area (Å²) in [5, 5.41) is 6.02. The van der Waals surface area contributed by atoms with Gasteiger partial charge in [0.1, 0.15) is 6.04 Å². The topological polar surface area (TPSA) is 63.2 Å². The van der Waals surface area contributed by atoms with Crippen LogP contribution >= 0.6 is 0 Å². The number of rotatable bonds is 8. The van der Waals surface area contributed by atoms with Crippen LogP contribution in [0, 0.1) is 0 Å². The van der Waals surface area contributed by atoms with Gasteiger partial charge in [-0.15, -0.1) is 0 Å². The minimum Gasteiger partial charge on any atom is -0.481 e. The zero-order valence-electron chi connectivity index (χ0n) is 11.9. The number of pyridine rings is 1. The Morgan fingerprint density at radius 3 is 2.79 bits per heavy atom. The molecule has 1 amide bonds. The number of hydrogen-bond acceptors (Lipinski definition) is 4. The molecule has 1 unspecified atom stereocenters. The molecule has 0 bridgehead atoms. The number of hydrogen-bond donors (Lipinski definition) is 2. The molecule has 0 radical (unpaired) electrons. The molecule has 0 aliphatic rings. The highest BCUT2D eigenvalue weighted by Crippen LogP contribution is 2.11. The summed E-state index contributed by atoms with van der Waals surface area (Å²) < 4.78 is 4.98. The van der Waals surface area contributed by atoms with Gasteiger partial charge >= 0.3 is 0 Å². The smallest absolute Gasteiger partial charge is 0.242 e. The van der Waals surface area contributed by atoms with Crippen molar-refractivity contribution in [2.45, 2.75) is 39.2 Å². The van der Waals surface area contributed by atoms with Gasteiger partial charge in [-0.05, 0) is 19.4 Å². The van der Waals surface area contributed by atoms with Crippen LogP contribution in [0.1, 0.15) is 33.1 Å². The molecule has 0 fully saturated rings. The summed E-state index contributed by atoms with van der Waals surface area (Å²) >= 11 is 0. The predicted octanol–water partition coefficient (Wildman–Crippen LogP) is 2.20. The normalized spacial score (nSPS) is 11.7. The second-order valence-electron chi connectivity index (χ2n) is 4.45. The molecule has 0 spiro atoms. The Bertz CT molecular complexity index is 379. The molecule has 1 aromatic rings. The Morgan fingerprint density at radius 1 is 1.42 bits per heavy atom. The Balaban J connectivity index is 2.35. The molecule has 0 aliphatic carbocycles. The summed E-state index contributed by atoms with van der Waals surface area (Å²) in [6.45, 7) is 4.71. The maximum Gasteiger partial charge on any atom is 0.242 e. The number of anilines is 1. The third kappa shape index (κ3) is 5.59. The molecular formula is C14H23N3O2. The summed E-state index contributed by atoms with van der Waals surface area (Å²) in [6, 6.07) is 3.32. The molecule has 5 nitrogen and oxygen atoms in total. The fourth-order valence-electron chi connectivity index (χ4n) is 1.64. The first kappa shape index (κ1) is 15.3. The largest absolute Gasteiger partial charge is 0.481 e. The fraction of sp³-hybridized carbons (Fsp3) is 0.571. The van der Waals surface area contributed by atoms with Crippen LogP contribution in [0.25, 0.3) is 0 Å². The van der Waals surface area contributed by atoms with Crippen LogP contribution in [0.4, 0.5) is 5.69 Å². The molecule has 2 N–H and O–H groups in total. The lowest BCUT2D eigenvalue weighted by Crippen LogP contribution is -2.38. The van der Waals surface area contributed by atoms with Crippen LogP contribution in [0.3, 0.4) is 0 Å². The third-order valence-corrected chi connectivity index (χ3v) is 2.80. The summed E-state index contributed by atoms with van der Waals surface area (Å²) in [5.74, 6) is 0.564. The first-order valence-electron chi connectivity index (χ1n) is 6.71. The molecule has 19 heavy (non-hydrogen) atoms. The van der Waals surface area contributed by atoms with E-state index >= 15 is 0 Å². The first-order valence-corrected chi connectivity index (χ1v) is 6.71. The summed E-state index contributed by atoms with van der Waals surface area (Å²) in [7, 11) is 1.57. The fourth-order valence-corrected chi connectivity index (χ4v) is 1.64. The van der Waals surface area contributed by atoms with Crippen LogP contribution in [-0.2, 0) is 4.79 Å². The number of methoxy groups -OCH3 is 1. The van der Waals surface area contributed by atoms with Crippen molar-refractivity contribution >= 4 is 11.6 Å². The molecule has 1 heterocycles. The van der Waals surface area contributed by atoms with Crippen LogP contribution in [-0.4, -0.2) is 30.6 Å². The van der Waals surface area contributed by atoms with Gasteiger partial charge in [0.25, 0.3) is 0 Å². The SMILES string of the molecule is CCCCCNC(=O)C(C)Nc1ccc(OC)nc1. The Kier molecular flexibility index (Phi) is 6.71. The molecule has 5 heteroatoms. The number of carbonyl (C=O) groups excluding carboxylic acids is 1. The number of nitrogens with zero attached hydrogens (tertiary/aromatic N) is 1. The van der Waals surface area contributed by atoms with Gasteiger partial charge in [-0.25, -0.2) is 4.98 Å². The molecule has 1 atom stereocenters. The van der Waals surface area contributed by atoms with E-state index in [2.05, 4.69) is 22.5 Å². The summed E-state index contributed by atoms with van der Waals surface area (Å²) in [4.78, 5) is 15.9. The Labute approximate surface area is 114 Å². The van der Waals surface area contributed by atoms with E-state index in [0.717, 1.165) is 31.5 Å². The van der Waals surface area contributed by atoms with Crippen molar-refractivity contribution in [3.05, 3.63) is 18.3 Å². The van der Waals surface area contributed by atoms with Crippen molar-refractivity contribution in [3.8, 4) is 5.88 Å². The highest BCUT2D eigenvalue weighted by molar-refractivity contribution is 5.84. The van der Waals surface area contributed by atoms with E-state index in [1.54, 1.807) is 19.4 Å². The minimum atomic E-state index is -0.281. The number of nitrogens with one attached hydrogen (secondary N) is 2. The van der Waals surface area contributed by atoms with E-state index in [9.17, 15) is 4.79 Å². The van der Waals surface area contributed by atoms with Gasteiger partial charge in [0.2, 0.25) is 11.8 Å². The average molecular weight is 265 g/mol. The highest BCUT2D eigenvalue weighted by Gasteiger charge is 2.11. The minimum absolute atomic E-state index is 0.00641. The highest BCUT2D eigenvalue weighted by atomic mass is 16.5. The molecule has 0 saturated carbocycles. The van der Waals surface area contributed by atoms with Crippen LogP contribution in [0.15, 0.2) is 18.3 Å². The quantitative estimate of drug-likeness (QED) is 0.707. The first-order chi connectivity index (χ1) is 9.17. The molecule has 0 aromatic carbocycles. The van der Waals surface area contributed by atoms with Gasteiger partial charge in [0.05, 0.1) is 19.0 Å². The lowest BCUT2D eigenvalue weighted by atomic mass is 10.2. The number of unbranched alkanes of at least 4 members (excludes halogenated alkanes) is 2. The van der Waals surface area contributed by atoms with Crippen molar-refractivity contribution in [3.63, 3.8) is 0 Å². The van der Waals surface area contributed by atoms with Crippen molar-refractivity contribution in [1.29, 1.82) is 0 Å². The standard InChI is InChI=1S/C14H23N3O2/c1-4-5-6-9-15-14(18)11(2)17-12-7-8-13(19-3)16-10-12/h7-8,10-11,17H,4-6,9H2,1-3H3,(H,15,18). The maximum atomic E-state index is 11.8.